The van der Waals surface area contributed by atoms with E-state index in [1.807, 2.05) is 0 Å². The first-order valence-corrected chi connectivity index (χ1v) is 4.86. The van der Waals surface area contributed by atoms with Crippen molar-refractivity contribution in [3.63, 3.8) is 0 Å². The summed E-state index contributed by atoms with van der Waals surface area (Å²) in [5.41, 5.74) is 6.84. The minimum Gasteiger partial charge on any atom is -0.330 e. The third-order valence-electron chi connectivity index (χ3n) is 1.61. The van der Waals surface area contributed by atoms with Crippen LogP contribution in [0.1, 0.15) is 12.0 Å². The van der Waals surface area contributed by atoms with Gasteiger partial charge in [-0.2, -0.15) is 0 Å². The monoisotopic (exact) mass is 261 g/mol. The first-order chi connectivity index (χ1) is 5.34. The summed E-state index contributed by atoms with van der Waals surface area (Å²) in [4.78, 5) is 0. The summed E-state index contributed by atoms with van der Waals surface area (Å²) >= 11 is 2.36. The molecule has 0 saturated heterocycles. The number of hydrogen-bond donors (Lipinski definition) is 1. The minimum atomic E-state index is 0.783. The lowest BCUT2D eigenvalue weighted by atomic mass is 10.1. The second-order valence-electron chi connectivity index (χ2n) is 2.48. The smallest absolute Gasteiger partial charge is 0.0162 e. The van der Waals surface area contributed by atoms with Crippen LogP contribution in [0.2, 0.25) is 0 Å². The van der Waals surface area contributed by atoms with Crippen molar-refractivity contribution in [1.82, 2.24) is 0 Å². The molecule has 0 aliphatic carbocycles. The van der Waals surface area contributed by atoms with Crippen molar-refractivity contribution in [1.29, 1.82) is 0 Å². The van der Waals surface area contributed by atoms with Gasteiger partial charge in [0.05, 0.1) is 0 Å². The topological polar surface area (TPSA) is 26.0 Å². The lowest BCUT2D eigenvalue weighted by Crippen LogP contribution is -2.01. The fourth-order valence-electron chi connectivity index (χ4n) is 0.994. The Hall–Kier alpha value is -0.0900. The Bertz CT molecular complexity index is 223. The summed E-state index contributed by atoms with van der Waals surface area (Å²) in [6.07, 6.45) is 2.19. The van der Waals surface area contributed by atoms with E-state index in [2.05, 4.69) is 46.9 Å². The zero-order valence-corrected chi connectivity index (χ0v) is 8.54. The Labute approximate surface area is 81.1 Å². The number of rotatable bonds is 3. The first kappa shape index (κ1) is 9.00. The Morgan fingerprint density at radius 2 is 2.00 bits per heavy atom. The molecule has 1 nitrogen and oxygen atoms in total. The zero-order valence-electron chi connectivity index (χ0n) is 6.39. The van der Waals surface area contributed by atoms with Crippen LogP contribution in [0.25, 0.3) is 0 Å². The highest BCUT2D eigenvalue weighted by Crippen LogP contribution is 2.12. The largest absolute Gasteiger partial charge is 0.330 e. The SMILES string of the molecule is NCCCc1ccccc1I. The average Bonchev–Trinajstić information content (AvgIpc) is 2.03. The van der Waals surface area contributed by atoms with Crippen LogP contribution in [0.15, 0.2) is 24.3 Å². The van der Waals surface area contributed by atoms with Crippen molar-refractivity contribution in [2.45, 2.75) is 12.8 Å². The molecule has 0 spiro atoms. The van der Waals surface area contributed by atoms with Crippen LogP contribution in [0.5, 0.6) is 0 Å². The van der Waals surface area contributed by atoms with Crippen LogP contribution in [0, 0.1) is 3.57 Å². The number of hydrogen-bond acceptors (Lipinski definition) is 1. The van der Waals surface area contributed by atoms with Crippen molar-refractivity contribution < 1.29 is 0 Å². The predicted octanol–water partition coefficient (Wildman–Crippen LogP) is 2.18. The van der Waals surface area contributed by atoms with Gasteiger partial charge in [0.2, 0.25) is 0 Å². The Morgan fingerprint density at radius 3 is 2.64 bits per heavy atom. The third kappa shape index (κ3) is 2.79. The maximum Gasteiger partial charge on any atom is 0.0162 e. The third-order valence-corrected chi connectivity index (χ3v) is 2.66. The van der Waals surface area contributed by atoms with Crippen molar-refractivity contribution >= 4 is 22.6 Å². The zero-order chi connectivity index (χ0) is 8.10. The molecular formula is C9H12IN. The van der Waals surface area contributed by atoms with Crippen molar-refractivity contribution in [3.05, 3.63) is 33.4 Å². The van der Waals surface area contributed by atoms with Gasteiger partial charge >= 0.3 is 0 Å². The molecule has 0 aromatic heterocycles. The van der Waals surface area contributed by atoms with E-state index in [4.69, 9.17) is 5.73 Å². The van der Waals surface area contributed by atoms with Crippen LogP contribution in [0.3, 0.4) is 0 Å². The summed E-state index contributed by atoms with van der Waals surface area (Å²) in [7, 11) is 0. The molecule has 1 aromatic carbocycles. The highest BCUT2D eigenvalue weighted by molar-refractivity contribution is 14.1. The Morgan fingerprint density at radius 1 is 1.27 bits per heavy atom. The van der Waals surface area contributed by atoms with E-state index in [0.717, 1.165) is 19.4 Å². The van der Waals surface area contributed by atoms with Gasteiger partial charge in [-0.25, -0.2) is 0 Å². The van der Waals surface area contributed by atoms with Gasteiger partial charge < -0.3 is 5.73 Å². The Kier molecular flexibility index (Phi) is 3.86. The highest BCUT2D eigenvalue weighted by Gasteiger charge is 1.95. The molecule has 0 aliphatic heterocycles. The standard InChI is InChI=1S/C9H12IN/c10-9-6-2-1-4-8(9)5-3-7-11/h1-2,4,6H,3,5,7,11H2. The highest BCUT2D eigenvalue weighted by atomic mass is 127. The second-order valence-corrected chi connectivity index (χ2v) is 3.65. The first-order valence-electron chi connectivity index (χ1n) is 3.78. The molecule has 0 heterocycles. The van der Waals surface area contributed by atoms with Gasteiger partial charge in [0.25, 0.3) is 0 Å². The van der Waals surface area contributed by atoms with Gasteiger partial charge in [-0.15, -0.1) is 0 Å². The molecule has 0 fully saturated rings. The van der Waals surface area contributed by atoms with E-state index in [1.165, 1.54) is 9.13 Å². The minimum absolute atomic E-state index is 0.783. The molecule has 1 rings (SSSR count). The van der Waals surface area contributed by atoms with E-state index in [1.54, 1.807) is 0 Å². The van der Waals surface area contributed by atoms with E-state index < -0.39 is 0 Å². The van der Waals surface area contributed by atoms with E-state index in [0.29, 0.717) is 0 Å². The predicted molar refractivity (Wildman–Crippen MR) is 56.5 cm³/mol. The number of halogens is 1. The number of aryl methyl sites for hydroxylation is 1. The molecule has 1 aromatic rings. The van der Waals surface area contributed by atoms with Crippen LogP contribution in [0.4, 0.5) is 0 Å². The molecule has 0 aliphatic rings. The molecule has 2 N–H and O–H groups in total. The second kappa shape index (κ2) is 4.72. The number of nitrogens with two attached hydrogens (primary N) is 1. The van der Waals surface area contributed by atoms with Crippen LogP contribution >= 0.6 is 22.6 Å². The molecule has 0 atom stereocenters. The van der Waals surface area contributed by atoms with E-state index in [-0.39, 0.29) is 0 Å². The molecule has 0 bridgehead atoms. The Balaban J connectivity index is 2.62. The van der Waals surface area contributed by atoms with Gasteiger partial charge in [-0.1, -0.05) is 18.2 Å². The summed E-state index contributed by atoms with van der Waals surface area (Å²) < 4.78 is 1.35. The molecule has 0 saturated carbocycles. The van der Waals surface area contributed by atoms with Gasteiger partial charge in [0.15, 0.2) is 0 Å². The van der Waals surface area contributed by atoms with Crippen LogP contribution < -0.4 is 5.73 Å². The lowest BCUT2D eigenvalue weighted by Gasteiger charge is -2.01. The van der Waals surface area contributed by atoms with Crippen molar-refractivity contribution in [2.24, 2.45) is 5.73 Å². The van der Waals surface area contributed by atoms with Crippen LogP contribution in [-0.4, -0.2) is 6.54 Å². The number of benzene rings is 1. The molecule has 11 heavy (non-hydrogen) atoms. The molecular weight excluding hydrogens is 249 g/mol. The fourth-order valence-corrected chi connectivity index (χ4v) is 1.65. The van der Waals surface area contributed by atoms with Crippen LogP contribution in [-0.2, 0) is 6.42 Å². The maximum atomic E-state index is 5.42. The molecule has 0 unspecified atom stereocenters. The molecule has 0 radical (unpaired) electrons. The van der Waals surface area contributed by atoms with Gasteiger partial charge in [0.1, 0.15) is 0 Å². The quantitative estimate of drug-likeness (QED) is 0.829. The fraction of sp³-hybridized carbons (Fsp3) is 0.333. The van der Waals surface area contributed by atoms with Gasteiger partial charge in [0, 0.05) is 3.57 Å². The summed E-state index contributed by atoms with van der Waals surface area (Å²) in [6, 6.07) is 8.44. The lowest BCUT2D eigenvalue weighted by molar-refractivity contribution is 0.829. The van der Waals surface area contributed by atoms with Gasteiger partial charge in [-0.05, 0) is 53.6 Å². The summed E-state index contributed by atoms with van der Waals surface area (Å²) in [5.74, 6) is 0. The molecule has 0 amide bonds. The molecule has 2 heteroatoms. The normalized spacial score (nSPS) is 10.0. The summed E-state index contributed by atoms with van der Waals surface area (Å²) in [5, 5.41) is 0. The molecule has 60 valence electrons. The van der Waals surface area contributed by atoms with E-state index in [9.17, 15) is 0 Å². The maximum absolute atomic E-state index is 5.42. The average molecular weight is 261 g/mol. The van der Waals surface area contributed by atoms with E-state index >= 15 is 0 Å². The van der Waals surface area contributed by atoms with Gasteiger partial charge in [-0.3, -0.25) is 0 Å². The summed E-state index contributed by atoms with van der Waals surface area (Å²) in [6.45, 7) is 0.783. The van der Waals surface area contributed by atoms with Crippen molar-refractivity contribution in [2.75, 3.05) is 6.54 Å². The van der Waals surface area contributed by atoms with Crippen molar-refractivity contribution in [3.8, 4) is 0 Å².